The van der Waals surface area contributed by atoms with Crippen LogP contribution < -0.4 is 14.3 Å². The first-order chi connectivity index (χ1) is 12.5. The summed E-state index contributed by atoms with van der Waals surface area (Å²) < 4.78 is 13.8. The van der Waals surface area contributed by atoms with Gasteiger partial charge in [0.05, 0.1) is 30.0 Å². The van der Waals surface area contributed by atoms with E-state index < -0.39 is 0 Å². The third kappa shape index (κ3) is 3.12. The third-order valence-corrected chi connectivity index (χ3v) is 5.59. The van der Waals surface area contributed by atoms with Gasteiger partial charge in [-0.2, -0.15) is 4.99 Å². The topological polar surface area (TPSA) is 52.8 Å². The monoisotopic (exact) mass is 370 g/mol. The van der Waals surface area contributed by atoms with E-state index in [1.54, 1.807) is 36.6 Å². The van der Waals surface area contributed by atoms with Crippen molar-refractivity contribution in [1.29, 1.82) is 0 Å². The van der Waals surface area contributed by atoms with Gasteiger partial charge in [0.1, 0.15) is 11.5 Å². The summed E-state index contributed by atoms with van der Waals surface area (Å²) in [4.78, 5) is 17.9. The molecule has 6 heteroatoms. The molecule has 136 valence electrons. The normalized spacial score (nSPS) is 11.8. The van der Waals surface area contributed by atoms with Crippen molar-refractivity contribution in [3.63, 3.8) is 0 Å². The summed E-state index contributed by atoms with van der Waals surface area (Å²) in [5.41, 5.74) is 3.93. The zero-order valence-electron chi connectivity index (χ0n) is 15.6. The molecule has 3 rings (SSSR count). The van der Waals surface area contributed by atoms with Crippen molar-refractivity contribution in [3.05, 3.63) is 51.8 Å². The zero-order valence-corrected chi connectivity index (χ0v) is 16.4. The second-order valence-electron chi connectivity index (χ2n) is 5.99. The number of nitrogens with zero attached hydrogens (tertiary/aromatic N) is 2. The van der Waals surface area contributed by atoms with Crippen LogP contribution in [-0.4, -0.2) is 24.7 Å². The molecule has 5 nitrogen and oxygen atoms in total. The van der Waals surface area contributed by atoms with Crippen LogP contribution in [0.25, 0.3) is 10.2 Å². The van der Waals surface area contributed by atoms with Crippen molar-refractivity contribution in [2.24, 2.45) is 4.99 Å². The SMILES string of the molecule is CCn1c(=NC(=O)c2ccc(OC)cc2OC)sc2c(C)ccc(C)c21. The van der Waals surface area contributed by atoms with Gasteiger partial charge in [-0.15, -0.1) is 0 Å². The van der Waals surface area contributed by atoms with E-state index in [0.717, 1.165) is 12.1 Å². The van der Waals surface area contributed by atoms with Crippen molar-refractivity contribution in [2.75, 3.05) is 14.2 Å². The average molecular weight is 370 g/mol. The van der Waals surface area contributed by atoms with Crippen molar-refractivity contribution >= 4 is 27.5 Å². The van der Waals surface area contributed by atoms with Gasteiger partial charge in [0, 0.05) is 12.6 Å². The highest BCUT2D eigenvalue weighted by Crippen LogP contribution is 2.27. The maximum absolute atomic E-state index is 12.8. The number of methoxy groups -OCH3 is 2. The maximum Gasteiger partial charge on any atom is 0.283 e. The quantitative estimate of drug-likeness (QED) is 0.695. The molecule has 0 spiro atoms. The van der Waals surface area contributed by atoms with Gasteiger partial charge in [-0.3, -0.25) is 4.79 Å². The van der Waals surface area contributed by atoms with Crippen LogP contribution in [0.5, 0.6) is 11.5 Å². The lowest BCUT2D eigenvalue weighted by molar-refractivity contribution is 0.0995. The molecule has 1 aromatic heterocycles. The molecule has 1 amide bonds. The summed E-state index contributed by atoms with van der Waals surface area (Å²) in [6.07, 6.45) is 0. The fourth-order valence-electron chi connectivity index (χ4n) is 2.98. The summed E-state index contributed by atoms with van der Waals surface area (Å²) in [6.45, 7) is 6.97. The highest BCUT2D eigenvalue weighted by Gasteiger charge is 2.15. The molecule has 0 N–H and O–H groups in total. The number of amides is 1. The Hall–Kier alpha value is -2.60. The molecule has 0 atom stereocenters. The number of benzene rings is 2. The first-order valence-corrected chi connectivity index (χ1v) is 9.22. The molecule has 0 aliphatic heterocycles. The summed E-state index contributed by atoms with van der Waals surface area (Å²) >= 11 is 1.54. The Morgan fingerprint density at radius 2 is 1.85 bits per heavy atom. The Morgan fingerprint density at radius 1 is 1.12 bits per heavy atom. The van der Waals surface area contributed by atoms with Crippen molar-refractivity contribution < 1.29 is 14.3 Å². The molecule has 0 saturated carbocycles. The van der Waals surface area contributed by atoms with E-state index in [4.69, 9.17) is 9.47 Å². The molecule has 0 unspecified atom stereocenters. The van der Waals surface area contributed by atoms with Crippen LogP contribution in [-0.2, 0) is 6.54 Å². The molecule has 1 heterocycles. The van der Waals surface area contributed by atoms with Gasteiger partial charge in [0.15, 0.2) is 4.80 Å². The second kappa shape index (κ2) is 7.33. The zero-order chi connectivity index (χ0) is 18.8. The number of aromatic nitrogens is 1. The minimum Gasteiger partial charge on any atom is -0.497 e. The number of ether oxygens (including phenoxy) is 2. The summed E-state index contributed by atoms with van der Waals surface area (Å²) in [7, 11) is 3.11. The number of fused-ring (bicyclic) bond motifs is 1. The summed E-state index contributed by atoms with van der Waals surface area (Å²) in [5.74, 6) is 0.762. The van der Waals surface area contributed by atoms with Crippen LogP contribution in [0.15, 0.2) is 35.3 Å². The fourth-order valence-corrected chi connectivity index (χ4v) is 4.21. The van der Waals surface area contributed by atoms with Gasteiger partial charge in [0.25, 0.3) is 5.91 Å². The standard InChI is InChI=1S/C20H22N2O3S/c1-6-22-17-12(2)7-8-13(3)18(17)26-20(22)21-19(23)15-10-9-14(24-4)11-16(15)25-5/h7-11H,6H2,1-5H3. The Morgan fingerprint density at radius 3 is 2.50 bits per heavy atom. The number of thiazole rings is 1. The van der Waals surface area contributed by atoms with Crippen molar-refractivity contribution in [3.8, 4) is 11.5 Å². The van der Waals surface area contributed by atoms with Gasteiger partial charge in [-0.05, 0) is 44.0 Å². The minimum atomic E-state index is -0.325. The molecule has 0 bridgehead atoms. The lowest BCUT2D eigenvalue weighted by Gasteiger charge is -2.07. The molecular formula is C20H22N2O3S. The van der Waals surface area contributed by atoms with E-state index >= 15 is 0 Å². The maximum atomic E-state index is 12.8. The third-order valence-electron chi connectivity index (χ3n) is 4.38. The largest absolute Gasteiger partial charge is 0.497 e. The lowest BCUT2D eigenvalue weighted by atomic mass is 10.1. The van der Waals surface area contributed by atoms with Crippen LogP contribution in [0.3, 0.4) is 0 Å². The van der Waals surface area contributed by atoms with Gasteiger partial charge in [0.2, 0.25) is 0 Å². The molecule has 0 aliphatic carbocycles. The van der Waals surface area contributed by atoms with Crippen LogP contribution in [0.4, 0.5) is 0 Å². The van der Waals surface area contributed by atoms with E-state index in [9.17, 15) is 4.79 Å². The molecule has 2 aromatic carbocycles. The molecule has 3 aromatic rings. The number of rotatable bonds is 4. The summed E-state index contributed by atoms with van der Waals surface area (Å²) in [5, 5.41) is 0. The van der Waals surface area contributed by atoms with E-state index in [2.05, 4.69) is 42.5 Å². The lowest BCUT2D eigenvalue weighted by Crippen LogP contribution is -2.16. The molecule has 26 heavy (non-hydrogen) atoms. The van der Waals surface area contributed by atoms with E-state index in [1.165, 1.54) is 22.9 Å². The number of hydrogen-bond acceptors (Lipinski definition) is 4. The van der Waals surface area contributed by atoms with Gasteiger partial charge < -0.3 is 14.0 Å². The van der Waals surface area contributed by atoms with Crippen molar-refractivity contribution in [1.82, 2.24) is 4.57 Å². The highest BCUT2D eigenvalue weighted by molar-refractivity contribution is 7.16. The Labute approximate surface area is 156 Å². The van der Waals surface area contributed by atoms with Crippen molar-refractivity contribution in [2.45, 2.75) is 27.3 Å². The first-order valence-electron chi connectivity index (χ1n) is 8.40. The van der Waals surface area contributed by atoms with E-state index in [0.29, 0.717) is 21.9 Å². The average Bonchev–Trinajstić information content (AvgIpc) is 3.03. The molecule has 0 aliphatic rings. The number of carbonyl (C=O) groups excluding carboxylic acids is 1. The minimum absolute atomic E-state index is 0.325. The van der Waals surface area contributed by atoms with Gasteiger partial charge in [-0.1, -0.05) is 23.5 Å². The molecule has 0 saturated heterocycles. The molecule has 0 fully saturated rings. The number of aryl methyl sites for hydroxylation is 3. The van der Waals surface area contributed by atoms with E-state index in [-0.39, 0.29) is 5.91 Å². The molecular weight excluding hydrogens is 348 g/mol. The Bertz CT molecular complexity index is 1050. The van der Waals surface area contributed by atoms with Gasteiger partial charge in [-0.25, -0.2) is 0 Å². The first kappa shape index (κ1) is 18.2. The highest BCUT2D eigenvalue weighted by atomic mass is 32.1. The van der Waals surface area contributed by atoms with E-state index in [1.807, 2.05) is 0 Å². The predicted molar refractivity (Wildman–Crippen MR) is 104 cm³/mol. The fraction of sp³-hybridized carbons (Fsp3) is 0.300. The van der Waals surface area contributed by atoms with Gasteiger partial charge >= 0.3 is 0 Å². The smallest absolute Gasteiger partial charge is 0.283 e. The van der Waals surface area contributed by atoms with Crippen LogP contribution in [0.2, 0.25) is 0 Å². The second-order valence-corrected chi connectivity index (χ2v) is 6.97. The van der Waals surface area contributed by atoms with Crippen LogP contribution in [0, 0.1) is 13.8 Å². The van der Waals surface area contributed by atoms with Crippen LogP contribution >= 0.6 is 11.3 Å². The summed E-state index contributed by atoms with van der Waals surface area (Å²) in [6, 6.07) is 9.32. The number of carbonyl (C=O) groups is 1. The molecule has 0 radical (unpaired) electrons. The number of hydrogen-bond donors (Lipinski definition) is 0. The Balaban J connectivity index is 2.18. The van der Waals surface area contributed by atoms with Crippen LogP contribution in [0.1, 0.15) is 28.4 Å². The Kier molecular flexibility index (Phi) is 5.13. The predicted octanol–water partition coefficient (Wildman–Crippen LogP) is 4.10.